The van der Waals surface area contributed by atoms with Gasteiger partial charge >= 0.3 is 0 Å². The third-order valence-electron chi connectivity index (χ3n) is 6.93. The van der Waals surface area contributed by atoms with Gasteiger partial charge in [0.2, 0.25) is 5.75 Å². The Hall–Kier alpha value is -5.77. The molecule has 0 saturated carbocycles. The minimum Gasteiger partial charge on any atom is -0.497 e. The molecule has 224 valence electrons. The summed E-state index contributed by atoms with van der Waals surface area (Å²) in [6.07, 6.45) is 1.67. The molecule has 1 aliphatic rings. The minimum atomic E-state index is -0.351. The van der Waals surface area contributed by atoms with Crippen molar-refractivity contribution in [3.63, 3.8) is 0 Å². The monoisotopic (exact) mass is 593 g/mol. The number of hydrogen-bond donors (Lipinski definition) is 1. The molecule has 2 amide bonds. The lowest BCUT2D eigenvalue weighted by Gasteiger charge is -2.19. The fraction of sp³-hybridized carbons (Fsp3) is 0.147. The number of carbonyl (C=O) groups excluding carboxylic acids is 2. The van der Waals surface area contributed by atoms with Gasteiger partial charge in [0, 0.05) is 17.2 Å². The van der Waals surface area contributed by atoms with E-state index in [1.54, 1.807) is 67.8 Å². The normalized spacial score (nSPS) is 13.4. The largest absolute Gasteiger partial charge is 0.497 e. The van der Waals surface area contributed by atoms with Crippen LogP contribution in [0.2, 0.25) is 0 Å². The van der Waals surface area contributed by atoms with E-state index in [0.717, 1.165) is 5.56 Å². The predicted octanol–water partition coefficient (Wildman–Crippen LogP) is 5.82. The molecule has 44 heavy (non-hydrogen) atoms. The zero-order valence-corrected chi connectivity index (χ0v) is 24.9. The van der Waals surface area contributed by atoms with Gasteiger partial charge in [-0.15, -0.1) is 0 Å². The van der Waals surface area contributed by atoms with E-state index in [9.17, 15) is 9.59 Å². The Balaban J connectivity index is 1.48. The first-order valence-corrected chi connectivity index (χ1v) is 13.5. The Morgan fingerprint density at radius 1 is 0.750 bits per heavy atom. The molecule has 5 rings (SSSR count). The molecule has 4 aromatic rings. The number of nitrogens with zero attached hydrogens (tertiary/aromatic N) is 2. The third kappa shape index (κ3) is 5.91. The molecule has 1 aliphatic heterocycles. The highest BCUT2D eigenvalue weighted by molar-refractivity contribution is 6.33. The van der Waals surface area contributed by atoms with Gasteiger partial charge in [-0.3, -0.25) is 14.5 Å². The van der Waals surface area contributed by atoms with E-state index in [4.69, 9.17) is 28.7 Å². The maximum atomic E-state index is 13.9. The summed E-state index contributed by atoms with van der Waals surface area (Å²) >= 11 is 0. The topological polar surface area (TPSA) is 108 Å². The molecule has 0 saturated heterocycles. The van der Waals surface area contributed by atoms with Crippen LogP contribution in [0.5, 0.6) is 28.7 Å². The van der Waals surface area contributed by atoms with Crippen molar-refractivity contribution in [3.05, 3.63) is 107 Å². The first kappa shape index (κ1) is 29.7. The van der Waals surface area contributed by atoms with Crippen LogP contribution in [0, 0.1) is 0 Å². The van der Waals surface area contributed by atoms with Crippen molar-refractivity contribution >= 4 is 35.1 Å². The van der Waals surface area contributed by atoms with Gasteiger partial charge in [-0.1, -0.05) is 30.3 Å². The van der Waals surface area contributed by atoms with Gasteiger partial charge < -0.3 is 29.0 Å². The fourth-order valence-electron chi connectivity index (χ4n) is 4.75. The van der Waals surface area contributed by atoms with Crippen LogP contribution in [0.25, 0.3) is 6.08 Å². The quantitative estimate of drug-likeness (QED) is 0.231. The Morgan fingerprint density at radius 2 is 1.41 bits per heavy atom. The molecule has 0 aliphatic carbocycles. The summed E-state index contributed by atoms with van der Waals surface area (Å²) in [5.41, 5.74) is 3.00. The van der Waals surface area contributed by atoms with Crippen LogP contribution < -0.4 is 33.9 Å². The molecule has 4 aromatic carbocycles. The lowest BCUT2D eigenvalue weighted by Crippen LogP contribution is -2.32. The fourth-order valence-corrected chi connectivity index (χ4v) is 4.75. The van der Waals surface area contributed by atoms with E-state index in [0.29, 0.717) is 57.1 Å². The highest BCUT2D eigenvalue weighted by atomic mass is 16.5. The molecule has 1 N–H and O–H groups in total. The van der Waals surface area contributed by atoms with Crippen LogP contribution in [0.1, 0.15) is 21.5 Å². The standard InChI is InChI=1S/C34H31N3O7/c1-40-25-15-16-28(41-2)26(20-25)36-33(38)23-11-13-24(14-12-23)37-32(22-9-7-6-8-10-22)35-27(34(37)39)17-21-18-29(42-3)31(44-5)30(19-21)43-4/h6-20H,1-5H3,(H,36,38). The zero-order valence-electron chi connectivity index (χ0n) is 24.9. The number of amides is 2. The Kier molecular flexibility index (Phi) is 8.80. The summed E-state index contributed by atoms with van der Waals surface area (Å²) in [6.45, 7) is 0. The number of benzene rings is 4. The Morgan fingerprint density at radius 3 is 2.00 bits per heavy atom. The smallest absolute Gasteiger partial charge is 0.282 e. The van der Waals surface area contributed by atoms with E-state index in [2.05, 4.69) is 5.32 Å². The van der Waals surface area contributed by atoms with Gasteiger partial charge in [0.1, 0.15) is 23.0 Å². The number of nitrogens with one attached hydrogen (secondary N) is 1. The molecular formula is C34H31N3O7. The number of ether oxygens (including phenoxy) is 5. The van der Waals surface area contributed by atoms with E-state index in [-0.39, 0.29) is 17.5 Å². The molecular weight excluding hydrogens is 562 g/mol. The Labute approximate surface area is 255 Å². The predicted molar refractivity (Wildman–Crippen MR) is 168 cm³/mol. The van der Waals surface area contributed by atoms with Crippen LogP contribution in [0.3, 0.4) is 0 Å². The molecule has 0 fully saturated rings. The molecule has 1 heterocycles. The molecule has 0 aromatic heterocycles. The summed E-state index contributed by atoms with van der Waals surface area (Å²) in [5, 5.41) is 2.86. The number of anilines is 2. The minimum absolute atomic E-state index is 0.213. The first-order valence-electron chi connectivity index (χ1n) is 13.5. The number of methoxy groups -OCH3 is 5. The van der Waals surface area contributed by atoms with Crippen molar-refractivity contribution in [2.45, 2.75) is 0 Å². The average molecular weight is 594 g/mol. The molecule has 10 heteroatoms. The van der Waals surface area contributed by atoms with E-state index in [1.165, 1.54) is 33.3 Å². The van der Waals surface area contributed by atoms with Gasteiger partial charge in [-0.2, -0.15) is 0 Å². The highest BCUT2D eigenvalue weighted by Crippen LogP contribution is 2.39. The van der Waals surface area contributed by atoms with Crippen LogP contribution >= 0.6 is 0 Å². The van der Waals surface area contributed by atoms with Crippen molar-refractivity contribution in [3.8, 4) is 28.7 Å². The second-order valence-corrected chi connectivity index (χ2v) is 9.50. The number of aliphatic imine (C=N–C) groups is 1. The zero-order chi connectivity index (χ0) is 31.2. The van der Waals surface area contributed by atoms with Crippen molar-refractivity contribution in [1.29, 1.82) is 0 Å². The van der Waals surface area contributed by atoms with Gasteiger partial charge in [-0.25, -0.2) is 4.99 Å². The molecule has 10 nitrogen and oxygen atoms in total. The SMILES string of the molecule is COc1ccc(OC)c(NC(=O)c2ccc(N3C(=O)C(=Cc4cc(OC)c(OC)c(OC)c4)N=C3c3ccccc3)cc2)c1. The maximum Gasteiger partial charge on any atom is 0.282 e. The molecule has 0 spiro atoms. The molecule has 0 radical (unpaired) electrons. The van der Waals surface area contributed by atoms with Gasteiger partial charge in [0.25, 0.3) is 11.8 Å². The van der Waals surface area contributed by atoms with Crippen molar-refractivity contribution in [2.75, 3.05) is 45.8 Å². The summed E-state index contributed by atoms with van der Waals surface area (Å²) in [6, 6.07) is 24.7. The molecule has 0 bridgehead atoms. The second-order valence-electron chi connectivity index (χ2n) is 9.50. The molecule has 0 unspecified atom stereocenters. The van der Waals surface area contributed by atoms with Gasteiger partial charge in [0.15, 0.2) is 11.5 Å². The van der Waals surface area contributed by atoms with Crippen LogP contribution in [0.15, 0.2) is 95.6 Å². The van der Waals surface area contributed by atoms with Crippen LogP contribution in [-0.2, 0) is 4.79 Å². The number of hydrogen-bond acceptors (Lipinski definition) is 8. The van der Waals surface area contributed by atoms with Gasteiger partial charge in [0.05, 0.1) is 46.9 Å². The summed E-state index contributed by atoms with van der Waals surface area (Å²) < 4.78 is 27.0. The van der Waals surface area contributed by atoms with Crippen molar-refractivity contribution < 1.29 is 33.3 Å². The number of carbonyl (C=O) groups is 2. The lowest BCUT2D eigenvalue weighted by atomic mass is 10.1. The van der Waals surface area contributed by atoms with Crippen LogP contribution in [-0.4, -0.2) is 53.2 Å². The lowest BCUT2D eigenvalue weighted by molar-refractivity contribution is -0.113. The Bertz CT molecular complexity index is 1720. The maximum absolute atomic E-state index is 13.9. The summed E-state index contributed by atoms with van der Waals surface area (Å²) in [4.78, 5) is 33.2. The average Bonchev–Trinajstić information content (AvgIpc) is 3.39. The van der Waals surface area contributed by atoms with E-state index in [1.807, 2.05) is 30.3 Å². The number of rotatable bonds is 10. The molecule has 0 atom stereocenters. The van der Waals surface area contributed by atoms with E-state index < -0.39 is 0 Å². The first-order chi connectivity index (χ1) is 21.4. The third-order valence-corrected chi connectivity index (χ3v) is 6.93. The van der Waals surface area contributed by atoms with Crippen molar-refractivity contribution in [2.24, 2.45) is 4.99 Å². The van der Waals surface area contributed by atoms with Crippen LogP contribution in [0.4, 0.5) is 11.4 Å². The number of amidine groups is 1. The van der Waals surface area contributed by atoms with E-state index >= 15 is 0 Å². The highest BCUT2D eigenvalue weighted by Gasteiger charge is 2.32. The second kappa shape index (κ2) is 13.0. The summed E-state index contributed by atoms with van der Waals surface area (Å²) in [5.74, 6) is 2.18. The van der Waals surface area contributed by atoms with Crippen molar-refractivity contribution in [1.82, 2.24) is 0 Å². The van der Waals surface area contributed by atoms with Gasteiger partial charge in [-0.05, 0) is 60.2 Å². The summed E-state index contributed by atoms with van der Waals surface area (Å²) in [7, 11) is 7.65.